The molecule has 2 aliphatic rings. The van der Waals surface area contributed by atoms with E-state index in [1.54, 1.807) is 24.3 Å². The minimum absolute atomic E-state index is 0.0145. The average molecular weight is 360 g/mol. The molecule has 1 aliphatic carbocycles. The number of hydroxylamine groups is 2. The lowest BCUT2D eigenvalue weighted by Gasteiger charge is -2.22. The van der Waals surface area contributed by atoms with Gasteiger partial charge in [0.05, 0.1) is 17.7 Å². The zero-order valence-electron chi connectivity index (χ0n) is 15.3. The molecule has 0 radical (unpaired) electrons. The molecule has 0 saturated heterocycles. The number of amides is 3. The van der Waals surface area contributed by atoms with Gasteiger partial charge in [0.15, 0.2) is 0 Å². The third-order valence-corrected chi connectivity index (χ3v) is 4.46. The first-order chi connectivity index (χ1) is 12.2. The third kappa shape index (κ3) is 4.04. The topological polar surface area (TPSA) is 84.9 Å². The Morgan fingerprint density at radius 3 is 2.35 bits per heavy atom. The predicted molar refractivity (Wildman–Crippen MR) is 93.4 cm³/mol. The van der Waals surface area contributed by atoms with Gasteiger partial charge in [-0.2, -0.15) is 0 Å². The Kier molecular flexibility index (Phi) is 5.00. The van der Waals surface area contributed by atoms with Gasteiger partial charge in [-0.3, -0.25) is 14.4 Å². The number of carbonyl (C=O) groups is 3. The van der Waals surface area contributed by atoms with E-state index in [0.29, 0.717) is 11.1 Å². The number of ether oxygens (including phenoxy) is 1. The van der Waals surface area contributed by atoms with Crippen LogP contribution in [-0.2, 0) is 9.57 Å². The zero-order valence-corrected chi connectivity index (χ0v) is 15.3. The highest BCUT2D eigenvalue weighted by molar-refractivity contribution is 6.20. The minimum atomic E-state index is -0.531. The summed E-state index contributed by atoms with van der Waals surface area (Å²) < 4.78 is 5.26. The van der Waals surface area contributed by atoms with Gasteiger partial charge in [-0.15, -0.1) is 5.06 Å². The van der Waals surface area contributed by atoms with Crippen LogP contribution in [-0.4, -0.2) is 41.2 Å². The lowest BCUT2D eigenvalue weighted by atomic mass is 10.1. The molecule has 1 aromatic carbocycles. The van der Waals surface area contributed by atoms with Crippen LogP contribution in [0.15, 0.2) is 24.3 Å². The van der Waals surface area contributed by atoms with Gasteiger partial charge in [-0.1, -0.05) is 12.1 Å². The molecule has 0 aromatic heterocycles. The summed E-state index contributed by atoms with van der Waals surface area (Å²) in [5.41, 5.74) is 0.207. The van der Waals surface area contributed by atoms with E-state index in [0.717, 1.165) is 24.3 Å². The van der Waals surface area contributed by atoms with E-state index in [4.69, 9.17) is 9.57 Å². The summed E-state index contributed by atoms with van der Waals surface area (Å²) in [5, 5.41) is 3.71. The SMILES string of the molecule is CC(C)(C)OC(=O)NC1CCC(CON2C(=O)c3ccccc3C2=O)C1. The summed E-state index contributed by atoms with van der Waals surface area (Å²) in [4.78, 5) is 41.9. The fraction of sp³-hybridized carbons (Fsp3) is 0.526. The summed E-state index contributed by atoms with van der Waals surface area (Å²) in [7, 11) is 0. The van der Waals surface area contributed by atoms with Crippen molar-refractivity contribution in [3.8, 4) is 0 Å². The van der Waals surface area contributed by atoms with Crippen molar-refractivity contribution in [3.05, 3.63) is 35.4 Å². The second kappa shape index (κ2) is 7.07. The van der Waals surface area contributed by atoms with E-state index < -0.39 is 23.5 Å². The van der Waals surface area contributed by atoms with E-state index in [2.05, 4.69) is 5.32 Å². The Bertz CT molecular complexity index is 690. The lowest BCUT2D eigenvalue weighted by Crippen LogP contribution is -2.38. The molecule has 1 aromatic rings. The lowest BCUT2D eigenvalue weighted by molar-refractivity contribution is -0.102. The van der Waals surface area contributed by atoms with Gasteiger partial charge in [0, 0.05) is 6.04 Å². The normalized spacial score (nSPS) is 22.5. The van der Waals surface area contributed by atoms with Crippen LogP contribution in [0, 0.1) is 5.92 Å². The number of carbonyl (C=O) groups excluding carboxylic acids is 3. The molecule has 7 nitrogen and oxygen atoms in total. The Labute approximate surface area is 152 Å². The monoisotopic (exact) mass is 360 g/mol. The molecular weight excluding hydrogens is 336 g/mol. The number of hydrogen-bond acceptors (Lipinski definition) is 5. The number of rotatable bonds is 4. The standard InChI is InChI=1S/C19H24N2O5/c1-19(2,3)26-18(24)20-13-9-8-12(10-13)11-25-21-16(22)14-6-4-5-7-15(14)17(21)23/h4-7,12-13H,8-11H2,1-3H3,(H,20,24). The summed E-state index contributed by atoms with van der Waals surface area (Å²) >= 11 is 0. The Morgan fingerprint density at radius 2 is 1.77 bits per heavy atom. The molecule has 2 atom stereocenters. The number of nitrogens with one attached hydrogen (secondary N) is 1. The first kappa shape index (κ1) is 18.4. The number of benzene rings is 1. The van der Waals surface area contributed by atoms with Crippen molar-refractivity contribution >= 4 is 17.9 Å². The van der Waals surface area contributed by atoms with Gasteiger partial charge in [0.25, 0.3) is 11.8 Å². The Balaban J connectivity index is 1.48. The van der Waals surface area contributed by atoms with Crippen LogP contribution in [0.1, 0.15) is 60.7 Å². The second-order valence-electron chi connectivity index (χ2n) is 7.77. The van der Waals surface area contributed by atoms with Crippen LogP contribution in [0.25, 0.3) is 0 Å². The van der Waals surface area contributed by atoms with Gasteiger partial charge in [0.1, 0.15) is 5.60 Å². The van der Waals surface area contributed by atoms with E-state index >= 15 is 0 Å². The first-order valence-corrected chi connectivity index (χ1v) is 8.85. The van der Waals surface area contributed by atoms with Crippen molar-refractivity contribution in [2.45, 2.75) is 51.7 Å². The fourth-order valence-electron chi connectivity index (χ4n) is 3.30. The van der Waals surface area contributed by atoms with E-state index in [9.17, 15) is 14.4 Å². The summed E-state index contributed by atoms with van der Waals surface area (Å²) in [6.45, 7) is 5.72. The molecule has 26 heavy (non-hydrogen) atoms. The zero-order chi connectivity index (χ0) is 18.9. The van der Waals surface area contributed by atoms with Crippen LogP contribution in [0.3, 0.4) is 0 Å². The quantitative estimate of drug-likeness (QED) is 0.835. The van der Waals surface area contributed by atoms with Gasteiger partial charge >= 0.3 is 6.09 Å². The highest BCUT2D eigenvalue weighted by atomic mass is 16.7. The molecule has 1 fully saturated rings. The number of nitrogens with zero attached hydrogens (tertiary/aromatic N) is 1. The van der Waals surface area contributed by atoms with Crippen molar-refractivity contribution in [3.63, 3.8) is 0 Å². The first-order valence-electron chi connectivity index (χ1n) is 8.85. The molecule has 1 heterocycles. The smallest absolute Gasteiger partial charge is 0.407 e. The third-order valence-electron chi connectivity index (χ3n) is 4.46. The molecule has 0 bridgehead atoms. The molecule has 1 saturated carbocycles. The summed E-state index contributed by atoms with van der Waals surface area (Å²) in [6.07, 6.45) is 1.96. The van der Waals surface area contributed by atoms with E-state index in [1.807, 2.05) is 20.8 Å². The maximum Gasteiger partial charge on any atom is 0.407 e. The second-order valence-corrected chi connectivity index (χ2v) is 7.77. The van der Waals surface area contributed by atoms with Crippen LogP contribution >= 0.6 is 0 Å². The van der Waals surface area contributed by atoms with Gasteiger partial charge in [-0.25, -0.2) is 4.79 Å². The van der Waals surface area contributed by atoms with Crippen LogP contribution in [0.2, 0.25) is 0 Å². The minimum Gasteiger partial charge on any atom is -0.444 e. The van der Waals surface area contributed by atoms with Gasteiger partial charge < -0.3 is 10.1 Å². The maximum atomic E-state index is 12.3. The maximum absolute atomic E-state index is 12.3. The average Bonchev–Trinajstić information content (AvgIpc) is 3.08. The van der Waals surface area contributed by atoms with Crippen molar-refractivity contribution in [1.82, 2.24) is 10.4 Å². The van der Waals surface area contributed by atoms with E-state index in [-0.39, 0.29) is 18.6 Å². The van der Waals surface area contributed by atoms with E-state index in [1.165, 1.54) is 0 Å². The highest BCUT2D eigenvalue weighted by Gasteiger charge is 2.37. The van der Waals surface area contributed by atoms with Gasteiger partial charge in [-0.05, 0) is 58.1 Å². The van der Waals surface area contributed by atoms with Crippen molar-refractivity contribution in [1.29, 1.82) is 0 Å². The molecule has 140 valence electrons. The molecule has 3 rings (SSSR count). The fourth-order valence-corrected chi connectivity index (χ4v) is 3.30. The molecule has 1 aliphatic heterocycles. The van der Waals surface area contributed by atoms with Crippen LogP contribution < -0.4 is 5.32 Å². The molecule has 1 N–H and O–H groups in total. The molecule has 2 unspecified atom stereocenters. The van der Waals surface area contributed by atoms with Crippen molar-refractivity contribution in [2.24, 2.45) is 5.92 Å². The Morgan fingerprint density at radius 1 is 1.15 bits per heavy atom. The van der Waals surface area contributed by atoms with Crippen LogP contribution in [0.4, 0.5) is 4.79 Å². The molecule has 3 amide bonds. The number of alkyl carbamates (subject to hydrolysis) is 1. The van der Waals surface area contributed by atoms with Crippen LogP contribution in [0.5, 0.6) is 0 Å². The summed E-state index contributed by atoms with van der Waals surface area (Å²) in [5.74, 6) is -0.682. The summed E-state index contributed by atoms with van der Waals surface area (Å²) in [6, 6.07) is 6.69. The largest absolute Gasteiger partial charge is 0.444 e. The highest BCUT2D eigenvalue weighted by Crippen LogP contribution is 2.28. The predicted octanol–water partition coefficient (Wildman–Crippen LogP) is 2.91. The number of imide groups is 1. The number of hydrogen-bond donors (Lipinski definition) is 1. The molecular formula is C19H24N2O5. The van der Waals surface area contributed by atoms with Crippen molar-refractivity contribution in [2.75, 3.05) is 6.61 Å². The molecule has 7 heteroatoms. The molecule has 0 spiro atoms. The van der Waals surface area contributed by atoms with Gasteiger partial charge in [0.2, 0.25) is 0 Å². The van der Waals surface area contributed by atoms with Crippen molar-refractivity contribution < 1.29 is 24.0 Å². The Hall–Kier alpha value is -2.41. The number of fused-ring (bicyclic) bond motifs is 1.